The molecule has 0 saturated carbocycles. The summed E-state index contributed by atoms with van der Waals surface area (Å²) in [5, 5.41) is 7.01. The molecule has 1 aromatic heterocycles. The van der Waals surface area contributed by atoms with E-state index < -0.39 is 0 Å². The summed E-state index contributed by atoms with van der Waals surface area (Å²) in [5.41, 5.74) is 2.93. The van der Waals surface area contributed by atoms with Crippen molar-refractivity contribution < 1.29 is 9.18 Å². The van der Waals surface area contributed by atoms with Gasteiger partial charge in [0.2, 0.25) is 0 Å². The maximum atomic E-state index is 13.6. The van der Waals surface area contributed by atoms with Crippen molar-refractivity contribution in [2.24, 2.45) is 0 Å². The Bertz CT molecular complexity index is 856. The molecule has 0 fully saturated rings. The fourth-order valence-electron chi connectivity index (χ4n) is 2.39. The standard InChI is InChI=1S/C18H16FN3O/c1-12-16(19)9-6-10-17(12)21-18(23)15-11-20-22(13(15)2)14-7-4-3-5-8-14/h3-11H,1-2H3,(H,21,23). The van der Waals surface area contributed by atoms with Gasteiger partial charge in [0.05, 0.1) is 23.1 Å². The molecule has 5 heteroatoms. The van der Waals surface area contributed by atoms with Gasteiger partial charge < -0.3 is 5.32 Å². The minimum Gasteiger partial charge on any atom is -0.322 e. The lowest BCUT2D eigenvalue weighted by atomic mass is 10.1. The molecule has 0 aliphatic carbocycles. The van der Waals surface area contributed by atoms with Crippen LogP contribution >= 0.6 is 0 Å². The van der Waals surface area contributed by atoms with Crippen LogP contribution in [0.5, 0.6) is 0 Å². The topological polar surface area (TPSA) is 46.9 Å². The summed E-state index contributed by atoms with van der Waals surface area (Å²) in [6.07, 6.45) is 1.52. The van der Waals surface area contributed by atoms with E-state index in [4.69, 9.17) is 0 Å². The number of hydrogen-bond acceptors (Lipinski definition) is 2. The molecule has 0 aliphatic heterocycles. The summed E-state index contributed by atoms with van der Waals surface area (Å²) >= 11 is 0. The van der Waals surface area contributed by atoms with Gasteiger partial charge in [-0.15, -0.1) is 0 Å². The van der Waals surface area contributed by atoms with Crippen molar-refractivity contribution in [3.05, 3.63) is 77.4 Å². The largest absolute Gasteiger partial charge is 0.322 e. The Morgan fingerprint density at radius 3 is 2.57 bits per heavy atom. The second-order valence-electron chi connectivity index (χ2n) is 5.26. The first-order valence-corrected chi connectivity index (χ1v) is 7.24. The van der Waals surface area contributed by atoms with Gasteiger partial charge in [-0.05, 0) is 38.1 Å². The number of halogens is 1. The summed E-state index contributed by atoms with van der Waals surface area (Å²) in [5.74, 6) is -0.655. The van der Waals surface area contributed by atoms with Gasteiger partial charge in [0.15, 0.2) is 0 Å². The summed E-state index contributed by atoms with van der Waals surface area (Å²) in [6.45, 7) is 3.46. The summed E-state index contributed by atoms with van der Waals surface area (Å²) < 4.78 is 15.3. The van der Waals surface area contributed by atoms with Crippen LogP contribution in [0.2, 0.25) is 0 Å². The fourth-order valence-corrected chi connectivity index (χ4v) is 2.39. The molecule has 0 spiro atoms. The Labute approximate surface area is 133 Å². The molecule has 0 aliphatic rings. The first-order chi connectivity index (χ1) is 11.1. The normalized spacial score (nSPS) is 10.6. The molecule has 4 nitrogen and oxygen atoms in total. The first-order valence-electron chi connectivity index (χ1n) is 7.24. The van der Waals surface area contributed by atoms with E-state index in [1.807, 2.05) is 37.3 Å². The van der Waals surface area contributed by atoms with Gasteiger partial charge in [0.1, 0.15) is 5.82 Å². The monoisotopic (exact) mass is 309 g/mol. The minimum absolute atomic E-state index is 0.307. The van der Waals surface area contributed by atoms with Crippen LogP contribution in [0.4, 0.5) is 10.1 Å². The lowest BCUT2D eigenvalue weighted by Crippen LogP contribution is -2.14. The Balaban J connectivity index is 1.89. The second kappa shape index (κ2) is 6.04. The predicted molar refractivity (Wildman–Crippen MR) is 87.4 cm³/mol. The third kappa shape index (κ3) is 2.85. The van der Waals surface area contributed by atoms with Crippen molar-refractivity contribution in [1.29, 1.82) is 0 Å². The number of amides is 1. The van der Waals surface area contributed by atoms with E-state index in [0.717, 1.165) is 11.4 Å². The molecule has 1 N–H and O–H groups in total. The van der Waals surface area contributed by atoms with E-state index in [1.165, 1.54) is 12.3 Å². The van der Waals surface area contributed by atoms with Gasteiger partial charge in [0.25, 0.3) is 5.91 Å². The van der Waals surface area contributed by atoms with Crippen molar-refractivity contribution in [3.63, 3.8) is 0 Å². The Morgan fingerprint density at radius 2 is 1.83 bits per heavy atom. The molecule has 1 amide bonds. The zero-order chi connectivity index (χ0) is 16.4. The van der Waals surface area contributed by atoms with E-state index in [0.29, 0.717) is 16.8 Å². The molecule has 0 bridgehead atoms. The molecule has 0 atom stereocenters. The van der Waals surface area contributed by atoms with E-state index >= 15 is 0 Å². The zero-order valence-electron chi connectivity index (χ0n) is 12.9. The Morgan fingerprint density at radius 1 is 1.09 bits per heavy atom. The van der Waals surface area contributed by atoms with Crippen molar-refractivity contribution in [1.82, 2.24) is 9.78 Å². The number of benzene rings is 2. The number of para-hydroxylation sites is 1. The van der Waals surface area contributed by atoms with Crippen LogP contribution < -0.4 is 5.32 Å². The molecule has 23 heavy (non-hydrogen) atoms. The quantitative estimate of drug-likeness (QED) is 0.798. The SMILES string of the molecule is Cc1c(F)cccc1NC(=O)c1cnn(-c2ccccc2)c1C. The number of carbonyl (C=O) groups excluding carboxylic acids is 1. The van der Waals surface area contributed by atoms with Crippen LogP contribution in [-0.2, 0) is 0 Å². The maximum Gasteiger partial charge on any atom is 0.259 e. The highest BCUT2D eigenvalue weighted by Crippen LogP contribution is 2.20. The number of anilines is 1. The number of nitrogens with one attached hydrogen (secondary N) is 1. The molecular formula is C18H16FN3O. The summed E-state index contributed by atoms with van der Waals surface area (Å²) in [4.78, 5) is 12.5. The molecule has 1 heterocycles. The van der Waals surface area contributed by atoms with Gasteiger partial charge >= 0.3 is 0 Å². The molecule has 0 unspecified atom stereocenters. The first kappa shape index (κ1) is 15.0. The summed E-state index contributed by atoms with van der Waals surface area (Å²) in [7, 11) is 0. The second-order valence-corrected chi connectivity index (χ2v) is 5.26. The highest BCUT2D eigenvalue weighted by atomic mass is 19.1. The number of rotatable bonds is 3. The van der Waals surface area contributed by atoms with Gasteiger partial charge in [-0.1, -0.05) is 24.3 Å². The highest BCUT2D eigenvalue weighted by molar-refractivity contribution is 6.05. The van der Waals surface area contributed by atoms with Crippen LogP contribution in [-0.4, -0.2) is 15.7 Å². The predicted octanol–water partition coefficient (Wildman–Crippen LogP) is 3.88. The number of aromatic nitrogens is 2. The molecule has 3 rings (SSSR count). The smallest absolute Gasteiger partial charge is 0.259 e. The zero-order valence-corrected chi connectivity index (χ0v) is 12.9. The van der Waals surface area contributed by atoms with Gasteiger partial charge in [-0.25, -0.2) is 9.07 Å². The van der Waals surface area contributed by atoms with Crippen molar-refractivity contribution >= 4 is 11.6 Å². The van der Waals surface area contributed by atoms with Gasteiger partial charge in [-0.3, -0.25) is 4.79 Å². The van der Waals surface area contributed by atoms with Crippen molar-refractivity contribution in [3.8, 4) is 5.69 Å². The molecular weight excluding hydrogens is 293 g/mol. The van der Waals surface area contributed by atoms with Crippen molar-refractivity contribution in [2.75, 3.05) is 5.32 Å². The number of nitrogens with zero attached hydrogens (tertiary/aromatic N) is 2. The van der Waals surface area contributed by atoms with Crippen LogP contribution in [0, 0.1) is 19.7 Å². The van der Waals surface area contributed by atoms with E-state index in [9.17, 15) is 9.18 Å². The van der Waals surface area contributed by atoms with Gasteiger partial charge in [-0.2, -0.15) is 5.10 Å². The Kier molecular flexibility index (Phi) is 3.93. The average molecular weight is 309 g/mol. The lowest BCUT2D eigenvalue weighted by Gasteiger charge is -2.09. The van der Waals surface area contributed by atoms with Crippen LogP contribution in [0.3, 0.4) is 0 Å². The summed E-state index contributed by atoms with van der Waals surface area (Å²) in [6, 6.07) is 14.2. The van der Waals surface area contributed by atoms with E-state index in [-0.39, 0.29) is 11.7 Å². The van der Waals surface area contributed by atoms with Gasteiger partial charge in [0, 0.05) is 11.3 Å². The fraction of sp³-hybridized carbons (Fsp3) is 0.111. The Hall–Kier alpha value is -2.95. The van der Waals surface area contributed by atoms with Crippen LogP contribution in [0.1, 0.15) is 21.6 Å². The number of hydrogen-bond donors (Lipinski definition) is 1. The third-order valence-electron chi connectivity index (χ3n) is 3.77. The van der Waals surface area contributed by atoms with Crippen LogP contribution in [0.25, 0.3) is 5.69 Å². The third-order valence-corrected chi connectivity index (χ3v) is 3.77. The molecule has 3 aromatic rings. The molecule has 0 radical (unpaired) electrons. The minimum atomic E-state index is -0.348. The van der Waals surface area contributed by atoms with E-state index in [1.54, 1.807) is 23.7 Å². The van der Waals surface area contributed by atoms with Crippen molar-refractivity contribution in [2.45, 2.75) is 13.8 Å². The molecule has 0 saturated heterocycles. The molecule has 2 aromatic carbocycles. The van der Waals surface area contributed by atoms with Crippen LogP contribution in [0.15, 0.2) is 54.7 Å². The lowest BCUT2D eigenvalue weighted by molar-refractivity contribution is 0.102. The molecule has 116 valence electrons. The number of carbonyl (C=O) groups is 1. The highest BCUT2D eigenvalue weighted by Gasteiger charge is 2.16. The van der Waals surface area contributed by atoms with E-state index in [2.05, 4.69) is 10.4 Å². The maximum absolute atomic E-state index is 13.6. The average Bonchev–Trinajstić information content (AvgIpc) is 2.94.